The zero-order chi connectivity index (χ0) is 14.5. The summed E-state index contributed by atoms with van der Waals surface area (Å²) in [5.41, 5.74) is 0.432. The highest BCUT2D eigenvalue weighted by Gasteiger charge is 2.10. The van der Waals surface area contributed by atoms with Crippen molar-refractivity contribution in [2.45, 2.75) is 17.4 Å². The van der Waals surface area contributed by atoms with E-state index in [9.17, 15) is 9.50 Å². The fourth-order valence-corrected chi connectivity index (χ4v) is 2.89. The Bertz CT molecular complexity index is 575. The first kappa shape index (κ1) is 15.6. The third-order valence-electron chi connectivity index (χ3n) is 2.72. The summed E-state index contributed by atoms with van der Waals surface area (Å²) in [5, 5.41) is 11.1. The van der Waals surface area contributed by atoms with Crippen LogP contribution in [0.3, 0.4) is 0 Å². The van der Waals surface area contributed by atoms with E-state index in [1.807, 2.05) is 12.1 Å². The molecule has 2 aromatic carbocycles. The molecule has 1 unspecified atom stereocenters. The van der Waals surface area contributed by atoms with Crippen LogP contribution in [0, 0.1) is 5.82 Å². The molecule has 1 atom stereocenters. The summed E-state index contributed by atoms with van der Waals surface area (Å²) in [7, 11) is 0. The van der Waals surface area contributed by atoms with Crippen molar-refractivity contribution in [1.29, 1.82) is 0 Å². The van der Waals surface area contributed by atoms with Gasteiger partial charge in [-0.1, -0.05) is 23.2 Å². The van der Waals surface area contributed by atoms with Gasteiger partial charge in [-0.15, -0.1) is 11.8 Å². The number of rotatable bonds is 5. The molecule has 0 spiro atoms. The first-order valence-electron chi connectivity index (χ1n) is 6.05. The molecule has 0 amide bonds. The van der Waals surface area contributed by atoms with Gasteiger partial charge in [-0.2, -0.15) is 0 Å². The van der Waals surface area contributed by atoms with E-state index in [0.29, 0.717) is 21.4 Å². The molecule has 2 aromatic rings. The molecule has 20 heavy (non-hydrogen) atoms. The molecule has 0 aliphatic rings. The quantitative estimate of drug-likeness (QED) is 0.792. The maximum absolute atomic E-state index is 13.5. The fourth-order valence-electron chi connectivity index (χ4n) is 1.74. The second kappa shape index (κ2) is 7.32. The lowest BCUT2D eigenvalue weighted by Gasteiger charge is -2.11. The summed E-state index contributed by atoms with van der Waals surface area (Å²) in [4.78, 5) is 1.01. The van der Waals surface area contributed by atoms with Crippen LogP contribution in [0.2, 0.25) is 10.0 Å². The van der Waals surface area contributed by atoms with Crippen molar-refractivity contribution in [3.8, 4) is 0 Å². The van der Waals surface area contributed by atoms with Crippen molar-refractivity contribution in [2.75, 3.05) is 5.75 Å². The Balaban J connectivity index is 1.90. The Morgan fingerprint density at radius 1 is 1.05 bits per heavy atom. The Labute approximate surface area is 131 Å². The van der Waals surface area contributed by atoms with Gasteiger partial charge in [0.2, 0.25) is 0 Å². The zero-order valence-corrected chi connectivity index (χ0v) is 12.9. The van der Waals surface area contributed by atoms with Gasteiger partial charge in [0.1, 0.15) is 5.82 Å². The van der Waals surface area contributed by atoms with E-state index in [2.05, 4.69) is 0 Å². The van der Waals surface area contributed by atoms with Crippen molar-refractivity contribution in [1.82, 2.24) is 0 Å². The van der Waals surface area contributed by atoms with Gasteiger partial charge in [0.25, 0.3) is 0 Å². The molecule has 0 fully saturated rings. The molecule has 0 heterocycles. The van der Waals surface area contributed by atoms with Gasteiger partial charge >= 0.3 is 0 Å². The van der Waals surface area contributed by atoms with Crippen LogP contribution in [0.15, 0.2) is 47.4 Å². The normalized spacial score (nSPS) is 12.4. The third-order valence-corrected chi connectivity index (χ3v) is 4.36. The molecule has 1 nitrogen and oxygen atoms in total. The molecular weight excluding hydrogens is 318 g/mol. The van der Waals surface area contributed by atoms with Crippen molar-refractivity contribution < 1.29 is 9.50 Å². The number of hydrogen-bond acceptors (Lipinski definition) is 2. The predicted molar refractivity (Wildman–Crippen MR) is 83.3 cm³/mol. The number of halogens is 3. The summed E-state index contributed by atoms with van der Waals surface area (Å²) in [6.45, 7) is 0. The molecule has 0 aliphatic carbocycles. The summed E-state index contributed by atoms with van der Waals surface area (Å²) in [6, 6.07) is 11.7. The van der Waals surface area contributed by atoms with Crippen LogP contribution in [0.4, 0.5) is 4.39 Å². The van der Waals surface area contributed by atoms with E-state index in [0.717, 1.165) is 4.90 Å². The van der Waals surface area contributed by atoms with Gasteiger partial charge in [-0.05, 0) is 48.0 Å². The minimum absolute atomic E-state index is 0.243. The van der Waals surface area contributed by atoms with E-state index in [1.165, 1.54) is 23.9 Å². The lowest BCUT2D eigenvalue weighted by atomic mass is 10.1. The Morgan fingerprint density at radius 3 is 2.40 bits per heavy atom. The molecule has 0 aromatic heterocycles. The van der Waals surface area contributed by atoms with Crippen molar-refractivity contribution in [2.24, 2.45) is 0 Å². The molecule has 106 valence electrons. The second-order valence-corrected chi connectivity index (χ2v) is 6.32. The zero-order valence-electron chi connectivity index (χ0n) is 10.5. The molecule has 1 N–H and O–H groups in total. The first-order chi connectivity index (χ1) is 9.54. The molecule has 0 saturated heterocycles. The Morgan fingerprint density at radius 2 is 1.70 bits per heavy atom. The van der Waals surface area contributed by atoms with E-state index >= 15 is 0 Å². The maximum Gasteiger partial charge on any atom is 0.126 e. The highest BCUT2D eigenvalue weighted by Crippen LogP contribution is 2.23. The summed E-state index contributed by atoms with van der Waals surface area (Å²) in [5.74, 6) is 0.137. The number of benzene rings is 2. The minimum Gasteiger partial charge on any atom is -0.392 e. The van der Waals surface area contributed by atoms with Gasteiger partial charge in [-0.3, -0.25) is 0 Å². The molecule has 0 radical (unpaired) electrons. The number of hydrogen-bond donors (Lipinski definition) is 1. The fraction of sp³-hybridized carbons (Fsp3) is 0.200. The lowest BCUT2D eigenvalue weighted by molar-refractivity contribution is 0.198. The lowest BCUT2D eigenvalue weighted by Crippen LogP contribution is -2.14. The van der Waals surface area contributed by atoms with Crippen LogP contribution in [0.1, 0.15) is 5.56 Å². The van der Waals surface area contributed by atoms with Crippen LogP contribution in [0.5, 0.6) is 0 Å². The van der Waals surface area contributed by atoms with Crippen molar-refractivity contribution in [3.63, 3.8) is 0 Å². The first-order valence-corrected chi connectivity index (χ1v) is 7.79. The van der Waals surface area contributed by atoms with Gasteiger partial charge in [0.15, 0.2) is 0 Å². The van der Waals surface area contributed by atoms with Crippen molar-refractivity contribution in [3.05, 3.63) is 63.9 Å². The molecule has 0 bridgehead atoms. The summed E-state index contributed by atoms with van der Waals surface area (Å²) in [6.07, 6.45) is -0.392. The molecular formula is C15H13Cl2FOS. The van der Waals surface area contributed by atoms with Gasteiger partial charge in [0, 0.05) is 27.1 Å². The van der Waals surface area contributed by atoms with Crippen LogP contribution in [-0.4, -0.2) is 17.0 Å². The van der Waals surface area contributed by atoms with Gasteiger partial charge in [-0.25, -0.2) is 4.39 Å². The van der Waals surface area contributed by atoms with E-state index in [4.69, 9.17) is 23.2 Å². The predicted octanol–water partition coefficient (Wildman–Crippen LogP) is 4.83. The molecule has 0 aliphatic heterocycles. The van der Waals surface area contributed by atoms with E-state index < -0.39 is 6.10 Å². The van der Waals surface area contributed by atoms with Gasteiger partial charge in [0.05, 0.1) is 6.10 Å². The number of thioether (sulfide) groups is 1. The monoisotopic (exact) mass is 330 g/mol. The van der Waals surface area contributed by atoms with E-state index in [-0.39, 0.29) is 12.2 Å². The standard InChI is InChI=1S/C15H13Cl2FOS/c16-11-1-4-14(5-2-11)20-9-13(19)8-10-7-12(17)3-6-15(10)18/h1-7,13,19H,8-9H2. The van der Waals surface area contributed by atoms with Crippen LogP contribution in [-0.2, 0) is 6.42 Å². The SMILES string of the molecule is OC(CSc1ccc(Cl)cc1)Cc1cc(Cl)ccc1F. The third kappa shape index (κ3) is 4.67. The Kier molecular flexibility index (Phi) is 5.73. The average molecular weight is 331 g/mol. The molecule has 2 rings (SSSR count). The smallest absolute Gasteiger partial charge is 0.126 e. The number of aliphatic hydroxyl groups is 1. The van der Waals surface area contributed by atoms with Crippen LogP contribution >= 0.6 is 35.0 Å². The molecule has 5 heteroatoms. The Hall–Kier alpha value is -0.740. The summed E-state index contributed by atoms with van der Waals surface area (Å²) >= 11 is 13.1. The average Bonchev–Trinajstić information content (AvgIpc) is 2.42. The van der Waals surface area contributed by atoms with Crippen LogP contribution in [0.25, 0.3) is 0 Å². The highest BCUT2D eigenvalue weighted by molar-refractivity contribution is 7.99. The van der Waals surface area contributed by atoms with Crippen LogP contribution < -0.4 is 0 Å². The topological polar surface area (TPSA) is 20.2 Å². The second-order valence-electron chi connectivity index (χ2n) is 4.36. The maximum atomic E-state index is 13.5. The van der Waals surface area contributed by atoms with E-state index in [1.54, 1.807) is 18.2 Å². The largest absolute Gasteiger partial charge is 0.392 e. The minimum atomic E-state index is -0.636. The number of aliphatic hydroxyl groups excluding tert-OH is 1. The van der Waals surface area contributed by atoms with Gasteiger partial charge < -0.3 is 5.11 Å². The van der Waals surface area contributed by atoms with Crippen molar-refractivity contribution >= 4 is 35.0 Å². The highest BCUT2D eigenvalue weighted by atomic mass is 35.5. The summed E-state index contributed by atoms with van der Waals surface area (Å²) < 4.78 is 13.5. The molecule has 0 saturated carbocycles.